The summed E-state index contributed by atoms with van der Waals surface area (Å²) in [5.41, 5.74) is 3.05. The molecule has 0 bridgehead atoms. The van der Waals surface area contributed by atoms with Crippen LogP contribution in [0.4, 0.5) is 5.69 Å². The van der Waals surface area contributed by atoms with E-state index in [-0.39, 0.29) is 10.8 Å². The summed E-state index contributed by atoms with van der Waals surface area (Å²) in [6.07, 6.45) is 1.83. The van der Waals surface area contributed by atoms with Gasteiger partial charge in [0, 0.05) is 17.8 Å². The van der Waals surface area contributed by atoms with Gasteiger partial charge in [0.25, 0.3) is 5.91 Å². The van der Waals surface area contributed by atoms with Crippen molar-refractivity contribution in [3.8, 4) is 0 Å². The first kappa shape index (κ1) is 15.7. The fourth-order valence-corrected chi connectivity index (χ4v) is 3.58. The van der Waals surface area contributed by atoms with Crippen molar-refractivity contribution in [2.75, 3.05) is 11.4 Å². The molecular weight excluding hydrogens is 312 g/mol. The van der Waals surface area contributed by atoms with Crippen molar-refractivity contribution < 1.29 is 13.2 Å². The first-order valence-corrected chi connectivity index (χ1v) is 8.95. The molecule has 2 N–H and O–H groups in total. The van der Waals surface area contributed by atoms with Crippen LogP contribution in [0.5, 0.6) is 0 Å². The molecule has 120 valence electrons. The van der Waals surface area contributed by atoms with Crippen LogP contribution in [0, 0.1) is 6.92 Å². The lowest BCUT2D eigenvalue weighted by atomic mass is 10.0. The zero-order valence-electron chi connectivity index (χ0n) is 12.8. The lowest BCUT2D eigenvalue weighted by molar-refractivity contribution is 0.0985. The van der Waals surface area contributed by atoms with Gasteiger partial charge in [0.05, 0.1) is 4.90 Å². The Bertz CT molecular complexity index is 875. The molecule has 1 aliphatic rings. The number of nitrogens with zero attached hydrogens (tertiary/aromatic N) is 1. The quantitative estimate of drug-likeness (QED) is 0.917. The molecule has 1 heterocycles. The molecule has 0 aliphatic carbocycles. The van der Waals surface area contributed by atoms with Crippen molar-refractivity contribution in [3.63, 3.8) is 0 Å². The number of rotatable bonds is 2. The Kier molecular flexibility index (Phi) is 3.95. The van der Waals surface area contributed by atoms with E-state index in [0.717, 1.165) is 24.1 Å². The number of hydrogen-bond donors (Lipinski definition) is 1. The van der Waals surface area contributed by atoms with Crippen LogP contribution in [0.2, 0.25) is 0 Å². The minimum atomic E-state index is -3.84. The van der Waals surface area contributed by atoms with Crippen molar-refractivity contribution >= 4 is 21.6 Å². The molecule has 23 heavy (non-hydrogen) atoms. The third kappa shape index (κ3) is 3.13. The Morgan fingerprint density at radius 3 is 2.65 bits per heavy atom. The number of sulfonamides is 1. The Morgan fingerprint density at radius 1 is 1.17 bits per heavy atom. The molecule has 0 unspecified atom stereocenters. The van der Waals surface area contributed by atoms with Gasteiger partial charge in [-0.3, -0.25) is 4.79 Å². The standard InChI is InChI=1S/C17H18N2O3S/c1-12-9-14(11-15(10-12)23(18,21)22)17(20)19-8-4-6-13-5-2-3-7-16(13)19/h2-3,5,7,9-11H,4,6,8H2,1H3,(H2,18,21,22). The molecule has 0 saturated heterocycles. The number of aryl methyl sites for hydroxylation is 2. The van der Waals surface area contributed by atoms with Crippen molar-refractivity contribution in [2.24, 2.45) is 5.14 Å². The van der Waals surface area contributed by atoms with Crippen molar-refractivity contribution in [3.05, 3.63) is 59.2 Å². The molecule has 5 nitrogen and oxygen atoms in total. The predicted octanol–water partition coefficient (Wildman–Crippen LogP) is 2.24. The number of primary sulfonamides is 1. The van der Waals surface area contributed by atoms with E-state index in [9.17, 15) is 13.2 Å². The average molecular weight is 330 g/mol. The Labute approximate surface area is 135 Å². The van der Waals surface area contributed by atoms with Crippen molar-refractivity contribution in [1.82, 2.24) is 0 Å². The maximum absolute atomic E-state index is 12.9. The van der Waals surface area contributed by atoms with Crippen molar-refractivity contribution in [2.45, 2.75) is 24.7 Å². The fourth-order valence-electron chi connectivity index (χ4n) is 2.94. The topological polar surface area (TPSA) is 80.5 Å². The Hall–Kier alpha value is -2.18. The van der Waals surface area contributed by atoms with Crippen LogP contribution >= 0.6 is 0 Å². The van der Waals surface area contributed by atoms with Gasteiger partial charge in [-0.05, 0) is 55.2 Å². The predicted molar refractivity (Wildman–Crippen MR) is 89.0 cm³/mol. The highest BCUT2D eigenvalue weighted by atomic mass is 32.2. The Balaban J connectivity index is 2.04. The highest BCUT2D eigenvalue weighted by Gasteiger charge is 2.24. The number of benzene rings is 2. The summed E-state index contributed by atoms with van der Waals surface area (Å²) >= 11 is 0. The summed E-state index contributed by atoms with van der Waals surface area (Å²) in [5, 5.41) is 5.20. The summed E-state index contributed by atoms with van der Waals surface area (Å²) in [6, 6.07) is 12.3. The maximum atomic E-state index is 12.9. The number of carbonyl (C=O) groups is 1. The minimum Gasteiger partial charge on any atom is -0.308 e. The molecule has 0 atom stereocenters. The molecule has 3 rings (SSSR count). The van der Waals surface area contributed by atoms with Crippen LogP contribution in [0.1, 0.15) is 27.9 Å². The van der Waals surface area contributed by atoms with Crippen molar-refractivity contribution in [1.29, 1.82) is 0 Å². The Morgan fingerprint density at radius 2 is 1.91 bits per heavy atom. The molecule has 6 heteroatoms. The molecule has 0 spiro atoms. The smallest absolute Gasteiger partial charge is 0.258 e. The molecule has 0 saturated carbocycles. The van der Waals surface area contributed by atoms with E-state index in [2.05, 4.69) is 0 Å². The second-order valence-electron chi connectivity index (χ2n) is 5.77. The summed E-state index contributed by atoms with van der Waals surface area (Å²) < 4.78 is 23.2. The summed E-state index contributed by atoms with van der Waals surface area (Å²) in [6.45, 7) is 2.37. The zero-order valence-corrected chi connectivity index (χ0v) is 13.6. The van der Waals surface area contributed by atoms with Crippen LogP contribution in [0.3, 0.4) is 0 Å². The SMILES string of the molecule is Cc1cc(C(=O)N2CCCc3ccccc32)cc(S(N)(=O)=O)c1. The summed E-state index contributed by atoms with van der Waals surface area (Å²) in [4.78, 5) is 14.6. The average Bonchev–Trinajstić information content (AvgIpc) is 2.52. The van der Waals surface area contributed by atoms with Gasteiger partial charge in [-0.25, -0.2) is 13.6 Å². The van der Waals surface area contributed by atoms with Crippen LogP contribution in [-0.4, -0.2) is 20.9 Å². The van der Waals surface area contributed by atoms with Gasteiger partial charge in [0.2, 0.25) is 10.0 Å². The first-order valence-electron chi connectivity index (χ1n) is 7.40. The molecule has 0 fully saturated rings. The van der Waals surface area contributed by atoms with E-state index >= 15 is 0 Å². The third-order valence-corrected chi connectivity index (χ3v) is 4.87. The van der Waals surface area contributed by atoms with Gasteiger partial charge in [-0.15, -0.1) is 0 Å². The van der Waals surface area contributed by atoms with E-state index < -0.39 is 10.0 Å². The van der Waals surface area contributed by atoms with Gasteiger partial charge < -0.3 is 4.90 Å². The number of para-hydroxylation sites is 1. The second-order valence-corrected chi connectivity index (χ2v) is 7.33. The number of fused-ring (bicyclic) bond motifs is 1. The van der Waals surface area contributed by atoms with E-state index in [1.165, 1.54) is 12.1 Å². The largest absolute Gasteiger partial charge is 0.308 e. The number of amides is 1. The zero-order chi connectivity index (χ0) is 16.6. The summed E-state index contributed by atoms with van der Waals surface area (Å²) in [5.74, 6) is -0.203. The minimum absolute atomic E-state index is 0.0360. The number of carbonyl (C=O) groups excluding carboxylic acids is 1. The lowest BCUT2D eigenvalue weighted by Crippen LogP contribution is -2.35. The maximum Gasteiger partial charge on any atom is 0.258 e. The summed E-state index contributed by atoms with van der Waals surface area (Å²) in [7, 11) is -3.84. The van der Waals surface area contributed by atoms with E-state index in [1.807, 2.05) is 24.3 Å². The van der Waals surface area contributed by atoms with Gasteiger partial charge >= 0.3 is 0 Å². The van der Waals surface area contributed by atoms with Crippen LogP contribution in [-0.2, 0) is 16.4 Å². The lowest BCUT2D eigenvalue weighted by Gasteiger charge is -2.29. The monoisotopic (exact) mass is 330 g/mol. The van der Waals surface area contributed by atoms with E-state index in [1.54, 1.807) is 17.9 Å². The molecule has 0 aromatic heterocycles. The van der Waals surface area contributed by atoms with Crippen LogP contribution in [0.15, 0.2) is 47.4 Å². The highest BCUT2D eigenvalue weighted by molar-refractivity contribution is 7.89. The van der Waals surface area contributed by atoms with Gasteiger partial charge in [-0.1, -0.05) is 18.2 Å². The van der Waals surface area contributed by atoms with E-state index in [4.69, 9.17) is 5.14 Å². The third-order valence-electron chi connectivity index (χ3n) is 3.98. The molecule has 0 radical (unpaired) electrons. The molecule has 2 aromatic carbocycles. The number of hydrogen-bond acceptors (Lipinski definition) is 3. The van der Waals surface area contributed by atoms with Gasteiger partial charge in [0.15, 0.2) is 0 Å². The highest BCUT2D eigenvalue weighted by Crippen LogP contribution is 2.28. The second kappa shape index (κ2) is 5.79. The van der Waals surface area contributed by atoms with Crippen LogP contribution in [0.25, 0.3) is 0 Å². The molecule has 2 aromatic rings. The number of nitrogens with two attached hydrogens (primary N) is 1. The molecule has 1 aliphatic heterocycles. The van der Waals surface area contributed by atoms with Crippen LogP contribution < -0.4 is 10.0 Å². The fraction of sp³-hybridized carbons (Fsp3) is 0.235. The number of anilines is 1. The molecule has 1 amide bonds. The van der Waals surface area contributed by atoms with Gasteiger partial charge in [-0.2, -0.15) is 0 Å². The van der Waals surface area contributed by atoms with E-state index in [0.29, 0.717) is 17.7 Å². The molecular formula is C17H18N2O3S. The normalized spacial score (nSPS) is 14.4. The first-order chi connectivity index (χ1) is 10.9. The van der Waals surface area contributed by atoms with Gasteiger partial charge in [0.1, 0.15) is 0 Å².